The molecule has 1 N–H and O–H groups in total. The first-order valence-electron chi connectivity index (χ1n) is 5.59. The van der Waals surface area contributed by atoms with Crippen molar-refractivity contribution in [3.05, 3.63) is 69.5 Å². The number of hydrogen-bond acceptors (Lipinski definition) is 3. The molecule has 0 radical (unpaired) electrons. The Kier molecular flexibility index (Phi) is 3.88. The van der Waals surface area contributed by atoms with E-state index in [-0.39, 0.29) is 17.8 Å². The van der Waals surface area contributed by atoms with Gasteiger partial charge < -0.3 is 5.32 Å². The van der Waals surface area contributed by atoms with Gasteiger partial charge in [0.05, 0.1) is 11.0 Å². The number of nitrogens with zero attached hydrogens (tertiary/aromatic N) is 1. The summed E-state index contributed by atoms with van der Waals surface area (Å²) in [5, 5.41) is 13.4. The van der Waals surface area contributed by atoms with E-state index >= 15 is 0 Å². The standard InChI is InChI=1S/C13H9F3N2O2/c14-9-2-1-8(11(16)5-9)7-17-12-4-3-10(15)6-13(12)18(19)20/h1-6,17H,7H2. The molecule has 0 saturated heterocycles. The third-order valence-electron chi connectivity index (χ3n) is 2.64. The molecule has 2 aromatic rings. The molecule has 0 fully saturated rings. The zero-order valence-electron chi connectivity index (χ0n) is 10.1. The average Bonchev–Trinajstić information content (AvgIpc) is 2.38. The van der Waals surface area contributed by atoms with Crippen molar-refractivity contribution in [2.75, 3.05) is 5.32 Å². The van der Waals surface area contributed by atoms with Gasteiger partial charge in [-0.2, -0.15) is 0 Å². The van der Waals surface area contributed by atoms with Gasteiger partial charge in [-0.3, -0.25) is 10.1 Å². The molecule has 0 aliphatic carbocycles. The van der Waals surface area contributed by atoms with Crippen LogP contribution in [0.3, 0.4) is 0 Å². The van der Waals surface area contributed by atoms with Crippen LogP contribution in [0.25, 0.3) is 0 Å². The van der Waals surface area contributed by atoms with Crippen molar-refractivity contribution in [3.8, 4) is 0 Å². The molecule has 0 atom stereocenters. The fourth-order valence-corrected chi connectivity index (χ4v) is 1.66. The minimum atomic E-state index is -0.762. The van der Waals surface area contributed by atoms with Crippen LogP contribution in [-0.4, -0.2) is 4.92 Å². The molecule has 0 saturated carbocycles. The van der Waals surface area contributed by atoms with Crippen LogP contribution in [0.5, 0.6) is 0 Å². The first-order chi connectivity index (χ1) is 9.47. The molecule has 20 heavy (non-hydrogen) atoms. The van der Waals surface area contributed by atoms with Crippen LogP contribution in [0.15, 0.2) is 36.4 Å². The summed E-state index contributed by atoms with van der Waals surface area (Å²) in [5.41, 5.74) is -0.252. The fourth-order valence-electron chi connectivity index (χ4n) is 1.66. The highest BCUT2D eigenvalue weighted by Crippen LogP contribution is 2.25. The molecule has 0 aliphatic heterocycles. The first kappa shape index (κ1) is 13.9. The molecular weight excluding hydrogens is 273 g/mol. The minimum Gasteiger partial charge on any atom is -0.375 e. The van der Waals surface area contributed by atoms with E-state index in [0.29, 0.717) is 0 Å². The van der Waals surface area contributed by atoms with Crippen molar-refractivity contribution < 1.29 is 18.1 Å². The van der Waals surface area contributed by atoms with E-state index in [2.05, 4.69) is 5.32 Å². The maximum Gasteiger partial charge on any atom is 0.295 e. The van der Waals surface area contributed by atoms with Gasteiger partial charge in [0.15, 0.2) is 0 Å². The number of rotatable bonds is 4. The summed E-state index contributed by atoms with van der Waals surface area (Å²) in [4.78, 5) is 10.0. The summed E-state index contributed by atoms with van der Waals surface area (Å²) in [6, 6.07) is 6.04. The molecule has 0 aliphatic rings. The van der Waals surface area contributed by atoms with Gasteiger partial charge >= 0.3 is 0 Å². The van der Waals surface area contributed by atoms with Crippen molar-refractivity contribution in [1.82, 2.24) is 0 Å². The predicted molar refractivity (Wildman–Crippen MR) is 66.7 cm³/mol. The van der Waals surface area contributed by atoms with Crippen LogP contribution in [0.1, 0.15) is 5.56 Å². The van der Waals surface area contributed by atoms with Crippen LogP contribution in [0.4, 0.5) is 24.5 Å². The van der Waals surface area contributed by atoms with Crippen molar-refractivity contribution in [1.29, 1.82) is 0 Å². The van der Waals surface area contributed by atoms with Gasteiger partial charge in [0.25, 0.3) is 5.69 Å². The summed E-state index contributed by atoms with van der Waals surface area (Å²) >= 11 is 0. The molecular formula is C13H9F3N2O2. The second-order valence-corrected chi connectivity index (χ2v) is 4.01. The summed E-state index contributed by atoms with van der Waals surface area (Å²) in [7, 11) is 0. The van der Waals surface area contributed by atoms with Crippen LogP contribution in [-0.2, 0) is 6.54 Å². The lowest BCUT2D eigenvalue weighted by Gasteiger charge is -2.08. The van der Waals surface area contributed by atoms with Gasteiger partial charge in [0.1, 0.15) is 23.1 Å². The lowest BCUT2D eigenvalue weighted by molar-refractivity contribution is -0.384. The van der Waals surface area contributed by atoms with Crippen molar-refractivity contribution in [3.63, 3.8) is 0 Å². The molecule has 2 aromatic carbocycles. The third kappa shape index (κ3) is 3.05. The molecule has 0 aromatic heterocycles. The van der Waals surface area contributed by atoms with E-state index in [1.54, 1.807) is 0 Å². The summed E-state index contributed by atoms with van der Waals surface area (Å²) < 4.78 is 39.1. The number of hydrogen-bond donors (Lipinski definition) is 1. The van der Waals surface area contributed by atoms with Gasteiger partial charge in [-0.05, 0) is 18.2 Å². The van der Waals surface area contributed by atoms with Gasteiger partial charge in [0.2, 0.25) is 0 Å². The molecule has 2 rings (SSSR count). The number of anilines is 1. The number of halogens is 3. The molecule has 104 valence electrons. The molecule has 0 heterocycles. The number of nitrogens with one attached hydrogen (secondary N) is 1. The predicted octanol–water partition coefficient (Wildman–Crippen LogP) is 3.62. The Bertz CT molecular complexity index is 662. The highest BCUT2D eigenvalue weighted by molar-refractivity contribution is 5.61. The average molecular weight is 282 g/mol. The van der Waals surface area contributed by atoms with Gasteiger partial charge in [-0.25, -0.2) is 13.2 Å². The Morgan fingerprint density at radius 1 is 1.05 bits per heavy atom. The lowest BCUT2D eigenvalue weighted by atomic mass is 10.2. The van der Waals surface area contributed by atoms with Crippen LogP contribution in [0, 0.1) is 27.6 Å². The Morgan fingerprint density at radius 2 is 1.70 bits per heavy atom. The fraction of sp³-hybridized carbons (Fsp3) is 0.0769. The quantitative estimate of drug-likeness (QED) is 0.688. The highest BCUT2D eigenvalue weighted by Gasteiger charge is 2.15. The lowest BCUT2D eigenvalue weighted by Crippen LogP contribution is -2.04. The zero-order chi connectivity index (χ0) is 14.7. The molecule has 7 heteroatoms. The van der Waals surface area contributed by atoms with Crippen molar-refractivity contribution >= 4 is 11.4 Å². The van der Waals surface area contributed by atoms with E-state index in [1.807, 2.05) is 0 Å². The minimum absolute atomic E-state index is 0.0557. The largest absolute Gasteiger partial charge is 0.375 e. The zero-order valence-corrected chi connectivity index (χ0v) is 10.1. The first-order valence-corrected chi connectivity index (χ1v) is 5.59. The Labute approximate surface area is 112 Å². The number of nitro groups is 1. The van der Waals surface area contributed by atoms with Crippen molar-refractivity contribution in [2.24, 2.45) is 0 Å². The SMILES string of the molecule is O=[N+]([O-])c1cc(F)ccc1NCc1ccc(F)cc1F. The smallest absolute Gasteiger partial charge is 0.295 e. The molecule has 0 amide bonds. The summed E-state index contributed by atoms with van der Waals surface area (Å²) in [5.74, 6) is -2.21. The Morgan fingerprint density at radius 3 is 2.35 bits per heavy atom. The van der Waals surface area contributed by atoms with E-state index < -0.39 is 28.1 Å². The Balaban J connectivity index is 2.20. The van der Waals surface area contributed by atoms with Gasteiger partial charge in [-0.1, -0.05) is 6.07 Å². The highest BCUT2D eigenvalue weighted by atomic mass is 19.1. The molecule has 0 unspecified atom stereocenters. The molecule has 0 bridgehead atoms. The van der Waals surface area contributed by atoms with E-state index in [4.69, 9.17) is 0 Å². The van der Waals surface area contributed by atoms with Crippen molar-refractivity contribution in [2.45, 2.75) is 6.54 Å². The monoisotopic (exact) mass is 282 g/mol. The summed E-state index contributed by atoms with van der Waals surface area (Å²) in [6.07, 6.45) is 0. The van der Waals surface area contributed by atoms with E-state index in [9.17, 15) is 23.3 Å². The maximum absolute atomic E-state index is 13.4. The second-order valence-electron chi connectivity index (χ2n) is 4.01. The van der Waals surface area contributed by atoms with E-state index in [1.165, 1.54) is 12.1 Å². The Hall–Kier alpha value is -2.57. The summed E-state index contributed by atoms with van der Waals surface area (Å²) in [6.45, 7) is -0.0847. The van der Waals surface area contributed by atoms with Gasteiger partial charge in [0, 0.05) is 18.2 Å². The van der Waals surface area contributed by atoms with Gasteiger partial charge in [-0.15, -0.1) is 0 Å². The normalized spacial score (nSPS) is 10.3. The molecule has 0 spiro atoms. The topological polar surface area (TPSA) is 55.2 Å². The van der Waals surface area contributed by atoms with E-state index in [0.717, 1.165) is 24.3 Å². The number of benzene rings is 2. The molecule has 4 nitrogen and oxygen atoms in total. The van der Waals surface area contributed by atoms with Crippen LogP contribution in [0.2, 0.25) is 0 Å². The second kappa shape index (κ2) is 5.60. The van der Waals surface area contributed by atoms with Crippen LogP contribution < -0.4 is 5.32 Å². The number of nitro benzene ring substituents is 1. The maximum atomic E-state index is 13.4. The third-order valence-corrected chi connectivity index (χ3v) is 2.64. The van der Waals surface area contributed by atoms with Crippen LogP contribution >= 0.6 is 0 Å².